The van der Waals surface area contributed by atoms with Crippen molar-refractivity contribution in [1.82, 2.24) is 15.5 Å². The molecular formula is C23H24F2N4O4. The Balaban J connectivity index is 1.50. The molecule has 1 aromatic heterocycles. The first-order chi connectivity index (χ1) is 15.8. The Kier molecular flexibility index (Phi) is 6.55. The summed E-state index contributed by atoms with van der Waals surface area (Å²) >= 11 is 0. The summed E-state index contributed by atoms with van der Waals surface area (Å²) in [5, 5.41) is 15.7. The summed E-state index contributed by atoms with van der Waals surface area (Å²) in [6.07, 6.45) is 0.584. The van der Waals surface area contributed by atoms with Crippen molar-refractivity contribution in [3.63, 3.8) is 0 Å². The van der Waals surface area contributed by atoms with Crippen LogP contribution in [0.2, 0.25) is 0 Å². The zero-order chi connectivity index (χ0) is 23.5. The average Bonchev–Trinajstić information content (AvgIpc) is 3.36. The zero-order valence-electron chi connectivity index (χ0n) is 18.3. The number of rotatable bonds is 9. The Morgan fingerprint density at radius 2 is 2.03 bits per heavy atom. The van der Waals surface area contributed by atoms with Crippen LogP contribution in [-0.4, -0.2) is 40.4 Å². The molecule has 10 heteroatoms. The van der Waals surface area contributed by atoms with Crippen LogP contribution in [0.4, 0.5) is 20.4 Å². The summed E-state index contributed by atoms with van der Waals surface area (Å²) in [7, 11) is 0. The van der Waals surface area contributed by atoms with Gasteiger partial charge >= 0.3 is 5.97 Å². The van der Waals surface area contributed by atoms with Crippen molar-refractivity contribution in [2.24, 2.45) is 0 Å². The predicted octanol–water partition coefficient (Wildman–Crippen LogP) is 4.06. The molecule has 0 amide bonds. The zero-order valence-corrected chi connectivity index (χ0v) is 18.3. The lowest BCUT2D eigenvalue weighted by molar-refractivity contribution is -0.136. The van der Waals surface area contributed by atoms with E-state index in [2.05, 4.69) is 15.5 Å². The maximum Gasteiger partial charge on any atom is 0.304 e. The molecule has 33 heavy (non-hydrogen) atoms. The van der Waals surface area contributed by atoms with Gasteiger partial charge in [-0.25, -0.2) is 8.78 Å². The fraction of sp³-hybridized carbons (Fsp3) is 0.348. The molecule has 4 rings (SSSR count). The molecule has 174 valence electrons. The van der Waals surface area contributed by atoms with Gasteiger partial charge in [0.25, 0.3) is 11.8 Å². The lowest BCUT2D eigenvalue weighted by atomic mass is 10.1. The summed E-state index contributed by atoms with van der Waals surface area (Å²) in [5.74, 6) is -2.47. The molecule has 0 atom stereocenters. The summed E-state index contributed by atoms with van der Waals surface area (Å²) < 4.78 is 39.7. The highest BCUT2D eigenvalue weighted by Gasteiger charge is 2.27. The minimum Gasteiger partial charge on any atom is -0.491 e. The number of hydrogen-bond donors (Lipinski definition) is 2. The summed E-state index contributed by atoms with van der Waals surface area (Å²) in [6.45, 7) is 5.07. The Labute approximate surface area is 189 Å². The number of ether oxygens (including phenoxy) is 1. The lowest BCUT2D eigenvalue weighted by Gasteiger charge is -2.14. The van der Waals surface area contributed by atoms with Crippen LogP contribution >= 0.6 is 0 Å². The molecule has 0 aliphatic carbocycles. The van der Waals surface area contributed by atoms with Gasteiger partial charge in [-0.15, -0.1) is 0 Å². The third kappa shape index (κ3) is 5.11. The number of fused-ring (bicyclic) bond motifs is 1. The Morgan fingerprint density at radius 1 is 1.27 bits per heavy atom. The predicted molar refractivity (Wildman–Crippen MR) is 117 cm³/mol. The van der Waals surface area contributed by atoms with Crippen LogP contribution in [0.25, 0.3) is 11.5 Å². The average molecular weight is 458 g/mol. The molecule has 0 saturated heterocycles. The number of nitrogens with zero attached hydrogens (tertiary/aromatic N) is 3. The number of carboxylic acid groups (broad SMARTS) is 1. The van der Waals surface area contributed by atoms with Crippen LogP contribution in [0, 0.1) is 11.6 Å². The van der Waals surface area contributed by atoms with Crippen LogP contribution < -0.4 is 15.0 Å². The highest BCUT2D eigenvalue weighted by atomic mass is 19.1. The topological polar surface area (TPSA) is 101 Å². The third-order valence-corrected chi connectivity index (χ3v) is 5.14. The van der Waals surface area contributed by atoms with E-state index in [9.17, 15) is 13.6 Å². The second kappa shape index (κ2) is 9.53. The molecule has 3 aromatic rings. The van der Waals surface area contributed by atoms with Crippen LogP contribution in [0.15, 0.2) is 34.9 Å². The maximum absolute atomic E-state index is 14.6. The SMILES string of the molecule is CC(C)Oc1cc(F)c(-c2nc(N3CCc4cc(CNCCC(=O)O)ccc43)no2)c(F)c1. The molecule has 2 aromatic carbocycles. The molecule has 0 fully saturated rings. The van der Waals surface area contributed by atoms with Gasteiger partial charge in [0, 0.05) is 37.5 Å². The number of anilines is 2. The number of benzene rings is 2. The number of nitrogens with one attached hydrogen (secondary N) is 1. The summed E-state index contributed by atoms with van der Waals surface area (Å²) in [6, 6.07) is 8.08. The van der Waals surface area contributed by atoms with Gasteiger partial charge in [-0.3, -0.25) is 4.79 Å². The van der Waals surface area contributed by atoms with Gasteiger partial charge in [-0.05, 0) is 42.6 Å². The fourth-order valence-corrected chi connectivity index (χ4v) is 3.72. The van der Waals surface area contributed by atoms with Crippen molar-refractivity contribution >= 4 is 17.6 Å². The maximum atomic E-state index is 14.6. The Hall–Kier alpha value is -3.53. The summed E-state index contributed by atoms with van der Waals surface area (Å²) in [5.41, 5.74) is 2.60. The lowest BCUT2D eigenvalue weighted by Crippen LogP contribution is -2.17. The molecule has 1 aliphatic rings. The molecule has 0 unspecified atom stereocenters. The van der Waals surface area contributed by atoms with E-state index in [4.69, 9.17) is 14.4 Å². The van der Waals surface area contributed by atoms with E-state index < -0.39 is 23.2 Å². The highest BCUT2D eigenvalue weighted by molar-refractivity contribution is 5.68. The van der Waals surface area contributed by atoms with Crippen LogP contribution in [0.1, 0.15) is 31.4 Å². The monoisotopic (exact) mass is 458 g/mol. The smallest absolute Gasteiger partial charge is 0.304 e. The Bertz CT molecular complexity index is 1140. The van der Waals surface area contributed by atoms with Crippen LogP contribution in [0.5, 0.6) is 5.75 Å². The molecular weight excluding hydrogens is 434 g/mol. The Morgan fingerprint density at radius 3 is 2.73 bits per heavy atom. The first-order valence-corrected chi connectivity index (χ1v) is 10.6. The standard InChI is InChI=1S/C23H24F2N4O4/c1-13(2)32-16-10-17(24)21(18(25)11-16)22-27-23(28-33-22)29-8-6-15-9-14(3-4-19(15)29)12-26-7-5-20(30)31/h3-4,9-11,13,26H,5-8,12H2,1-2H3,(H,30,31). The summed E-state index contributed by atoms with van der Waals surface area (Å²) in [4.78, 5) is 16.7. The second-order valence-electron chi connectivity index (χ2n) is 8.01. The van der Waals surface area contributed by atoms with Crippen molar-refractivity contribution in [3.05, 3.63) is 53.1 Å². The van der Waals surface area contributed by atoms with E-state index in [0.29, 0.717) is 19.6 Å². The van der Waals surface area contributed by atoms with Crippen molar-refractivity contribution in [2.75, 3.05) is 18.0 Å². The first-order valence-electron chi connectivity index (χ1n) is 10.6. The van der Waals surface area contributed by atoms with Gasteiger partial charge in [-0.2, -0.15) is 4.98 Å². The molecule has 0 spiro atoms. The second-order valence-corrected chi connectivity index (χ2v) is 8.01. The number of aromatic nitrogens is 2. The number of halogens is 2. The van der Waals surface area contributed by atoms with Crippen molar-refractivity contribution in [2.45, 2.75) is 39.3 Å². The number of carboxylic acids is 1. The first kappa shape index (κ1) is 22.7. The fourth-order valence-electron chi connectivity index (χ4n) is 3.72. The molecule has 8 nitrogen and oxygen atoms in total. The third-order valence-electron chi connectivity index (χ3n) is 5.14. The molecule has 0 saturated carbocycles. The number of hydrogen-bond acceptors (Lipinski definition) is 7. The largest absolute Gasteiger partial charge is 0.491 e. The molecule has 1 aliphatic heterocycles. The van der Waals surface area contributed by atoms with Gasteiger partial charge in [0.1, 0.15) is 22.9 Å². The van der Waals surface area contributed by atoms with Gasteiger partial charge in [0.2, 0.25) is 0 Å². The van der Waals surface area contributed by atoms with Gasteiger partial charge < -0.3 is 24.6 Å². The normalized spacial score (nSPS) is 12.9. The molecule has 0 radical (unpaired) electrons. The van der Waals surface area contributed by atoms with E-state index in [-0.39, 0.29) is 30.1 Å². The number of aliphatic carboxylic acids is 1. The van der Waals surface area contributed by atoms with E-state index in [1.54, 1.807) is 13.8 Å². The minimum atomic E-state index is -0.845. The van der Waals surface area contributed by atoms with E-state index in [1.165, 1.54) is 0 Å². The van der Waals surface area contributed by atoms with Crippen molar-refractivity contribution in [3.8, 4) is 17.2 Å². The molecule has 2 heterocycles. The molecule has 2 N–H and O–H groups in total. The van der Waals surface area contributed by atoms with Gasteiger partial charge in [0.15, 0.2) is 0 Å². The van der Waals surface area contributed by atoms with E-state index in [1.807, 2.05) is 23.1 Å². The van der Waals surface area contributed by atoms with Gasteiger partial charge in [-0.1, -0.05) is 12.1 Å². The van der Waals surface area contributed by atoms with Crippen molar-refractivity contribution < 1.29 is 27.9 Å². The van der Waals surface area contributed by atoms with Crippen LogP contribution in [0.3, 0.4) is 0 Å². The van der Waals surface area contributed by atoms with E-state index >= 15 is 0 Å². The van der Waals surface area contributed by atoms with Crippen LogP contribution in [-0.2, 0) is 17.8 Å². The van der Waals surface area contributed by atoms with E-state index in [0.717, 1.165) is 35.4 Å². The quantitative estimate of drug-likeness (QED) is 0.463. The highest BCUT2D eigenvalue weighted by Crippen LogP contribution is 2.36. The minimum absolute atomic E-state index is 0.0630. The van der Waals surface area contributed by atoms with Crippen molar-refractivity contribution in [1.29, 1.82) is 0 Å². The number of carbonyl (C=O) groups is 1. The van der Waals surface area contributed by atoms with Gasteiger partial charge in [0.05, 0.1) is 12.5 Å². The molecule has 0 bridgehead atoms.